The minimum atomic E-state index is -2.29. The van der Waals surface area contributed by atoms with Crippen LogP contribution in [0.1, 0.15) is 68.4 Å². The quantitative estimate of drug-likeness (QED) is 0.182. The summed E-state index contributed by atoms with van der Waals surface area (Å²) in [6, 6.07) is -0.337. The maximum Gasteiger partial charge on any atom is 0.312 e. The molecule has 0 radical (unpaired) electrons. The number of halogens is 1. The first kappa shape index (κ1) is 34.0. The van der Waals surface area contributed by atoms with Gasteiger partial charge in [0.25, 0.3) is 0 Å². The molecule has 41 heavy (non-hydrogen) atoms. The summed E-state index contributed by atoms with van der Waals surface area (Å²) in [5.74, 6) is 0.0191. The minimum Gasteiger partial charge on any atom is -0.413 e. The number of fused-ring (bicyclic) bond motifs is 1. The average Bonchev–Trinajstić information content (AvgIpc) is 3.31. The molecule has 3 rings (SSSR count). The van der Waals surface area contributed by atoms with Crippen LogP contribution in [0.25, 0.3) is 11.2 Å². The van der Waals surface area contributed by atoms with Crippen molar-refractivity contribution in [1.82, 2.24) is 19.5 Å². The summed E-state index contributed by atoms with van der Waals surface area (Å²) < 4.78 is 37.5. The molecule has 2 aromatic heterocycles. The Morgan fingerprint density at radius 3 is 1.85 bits per heavy atom. The summed E-state index contributed by atoms with van der Waals surface area (Å²) in [7, 11) is -6.61. The van der Waals surface area contributed by atoms with Gasteiger partial charge in [-0.05, 0) is 60.0 Å². The van der Waals surface area contributed by atoms with Gasteiger partial charge in [0.1, 0.15) is 5.52 Å². The van der Waals surface area contributed by atoms with Crippen molar-refractivity contribution in [2.45, 2.75) is 135 Å². The number of imidazole rings is 1. The van der Waals surface area contributed by atoms with E-state index in [9.17, 15) is 4.39 Å². The van der Waals surface area contributed by atoms with Crippen molar-refractivity contribution >= 4 is 41.9 Å². The van der Waals surface area contributed by atoms with Gasteiger partial charge in [-0.1, -0.05) is 68.4 Å². The second kappa shape index (κ2) is 10.9. The molecule has 12 heteroatoms. The molecule has 2 N–H and O–H groups in total. The molecule has 232 valence electrons. The molecule has 8 nitrogen and oxygen atoms in total. The molecular formula is C29H54FN5O3Si3. The van der Waals surface area contributed by atoms with Crippen molar-refractivity contribution in [3.8, 4) is 0 Å². The van der Waals surface area contributed by atoms with Gasteiger partial charge in [-0.15, -0.1) is 0 Å². The largest absolute Gasteiger partial charge is 0.413 e. The first-order valence-corrected chi connectivity index (χ1v) is 23.4. The molecule has 3 atom stereocenters. The lowest BCUT2D eigenvalue weighted by molar-refractivity contribution is 0.0435. The molecule has 2 heterocycles. The highest BCUT2D eigenvalue weighted by atomic mass is 28.4. The second-order valence-electron chi connectivity index (χ2n) is 16.1. The number of rotatable bonds is 8. The van der Waals surface area contributed by atoms with Crippen LogP contribution < -0.4 is 5.73 Å². The van der Waals surface area contributed by atoms with E-state index in [2.05, 4.69) is 123 Å². The van der Waals surface area contributed by atoms with Crippen molar-refractivity contribution in [3.63, 3.8) is 0 Å². The van der Waals surface area contributed by atoms with E-state index in [0.717, 1.165) is 5.57 Å². The monoisotopic (exact) mass is 623 g/mol. The van der Waals surface area contributed by atoms with Crippen molar-refractivity contribution in [3.05, 3.63) is 24.1 Å². The first-order valence-electron chi connectivity index (χ1n) is 14.6. The van der Waals surface area contributed by atoms with Crippen LogP contribution in [0, 0.1) is 6.08 Å². The predicted molar refractivity (Wildman–Crippen MR) is 174 cm³/mol. The zero-order chi connectivity index (χ0) is 31.6. The zero-order valence-electron chi connectivity index (χ0n) is 28.1. The maximum atomic E-state index is 14.4. The predicted octanol–water partition coefficient (Wildman–Crippen LogP) is 7.83. The normalized spacial score (nSPS) is 21.6. The van der Waals surface area contributed by atoms with E-state index in [0.29, 0.717) is 17.8 Å². The van der Waals surface area contributed by atoms with Crippen LogP contribution in [0.4, 0.5) is 10.2 Å². The molecule has 0 bridgehead atoms. The van der Waals surface area contributed by atoms with Gasteiger partial charge in [0.15, 0.2) is 36.4 Å². The van der Waals surface area contributed by atoms with Crippen molar-refractivity contribution in [2.75, 3.05) is 12.3 Å². The highest BCUT2D eigenvalue weighted by Crippen LogP contribution is 2.47. The summed E-state index contributed by atoms with van der Waals surface area (Å²) in [5, 5.41) is 0.0185. The molecule has 1 aliphatic carbocycles. The minimum absolute atomic E-state index is 0.00941. The van der Waals surface area contributed by atoms with Crippen LogP contribution in [0.15, 0.2) is 18.0 Å². The number of aromatic nitrogens is 4. The molecule has 0 spiro atoms. The van der Waals surface area contributed by atoms with Gasteiger partial charge in [0, 0.05) is 0 Å². The van der Waals surface area contributed by atoms with Gasteiger partial charge in [-0.2, -0.15) is 14.4 Å². The Morgan fingerprint density at radius 1 is 0.829 bits per heavy atom. The van der Waals surface area contributed by atoms with Crippen LogP contribution in [-0.4, -0.2) is 63.3 Å². The number of nitrogen functional groups attached to an aromatic ring is 1. The average molecular weight is 624 g/mol. The van der Waals surface area contributed by atoms with E-state index in [1.165, 1.54) is 0 Å². The fourth-order valence-corrected chi connectivity index (χ4v) is 7.59. The lowest BCUT2D eigenvalue weighted by atomic mass is 10.1. The third-order valence-electron chi connectivity index (χ3n) is 10.00. The maximum absolute atomic E-state index is 14.4. The molecule has 1 aliphatic rings. The van der Waals surface area contributed by atoms with E-state index < -0.39 is 31.0 Å². The summed E-state index contributed by atoms with van der Waals surface area (Å²) in [5.41, 5.74) is 7.82. The second-order valence-corrected chi connectivity index (χ2v) is 30.4. The Labute approximate surface area is 250 Å². The standard InChI is InChI=1S/C29H54FN5O3Si3/c1-27(2,3)39(10,11)36-17-19-16-20(35-18-32-21-24(31)33-26(30)34-25(21)35)23(38-41(14,15)29(7,8)9)22(19)37-40(12,13)28(4,5)6/h16,18,20,22-23H,17H2,1-15H3,(H2,31,33,34)/t20-,22-,23+/m1/s1. The van der Waals surface area contributed by atoms with Crippen LogP contribution >= 0.6 is 0 Å². The number of hydrogen-bond donors (Lipinski definition) is 1. The number of anilines is 1. The van der Waals surface area contributed by atoms with Crippen LogP contribution in [0.2, 0.25) is 54.4 Å². The topological polar surface area (TPSA) is 97.3 Å². The zero-order valence-corrected chi connectivity index (χ0v) is 31.1. The Hall–Kier alpha value is -1.45. The Morgan fingerprint density at radius 2 is 1.34 bits per heavy atom. The molecule has 2 aromatic rings. The van der Waals surface area contributed by atoms with Gasteiger partial charge in [0.05, 0.1) is 31.2 Å². The molecule has 0 aromatic carbocycles. The first-order chi connectivity index (χ1) is 18.3. The number of hydrogen-bond acceptors (Lipinski definition) is 7. The summed E-state index contributed by atoms with van der Waals surface area (Å²) in [6.45, 7) is 34.2. The molecular weight excluding hydrogens is 570 g/mol. The van der Waals surface area contributed by atoms with Gasteiger partial charge >= 0.3 is 6.08 Å². The highest BCUT2D eigenvalue weighted by Gasteiger charge is 2.51. The number of nitrogens with zero attached hydrogens (tertiary/aromatic N) is 4. The van der Waals surface area contributed by atoms with Crippen LogP contribution in [-0.2, 0) is 13.3 Å². The summed E-state index contributed by atoms with van der Waals surface area (Å²) >= 11 is 0. The van der Waals surface area contributed by atoms with Crippen LogP contribution in [0.3, 0.4) is 0 Å². The fourth-order valence-electron chi connectivity index (χ4n) is 4.06. The number of nitrogens with two attached hydrogens (primary N) is 1. The Balaban J connectivity index is 2.21. The molecule has 0 saturated heterocycles. The van der Waals surface area contributed by atoms with E-state index in [-0.39, 0.29) is 39.2 Å². The molecule has 0 unspecified atom stereocenters. The smallest absolute Gasteiger partial charge is 0.312 e. The third-order valence-corrected chi connectivity index (χ3v) is 23.4. The van der Waals surface area contributed by atoms with Crippen molar-refractivity contribution in [2.24, 2.45) is 0 Å². The van der Waals surface area contributed by atoms with Gasteiger partial charge < -0.3 is 23.6 Å². The third kappa shape index (κ3) is 6.88. The molecule has 0 fully saturated rings. The fraction of sp³-hybridized carbons (Fsp3) is 0.759. The summed E-state index contributed by atoms with van der Waals surface area (Å²) in [4.78, 5) is 12.3. The van der Waals surface area contributed by atoms with Crippen LogP contribution in [0.5, 0.6) is 0 Å². The van der Waals surface area contributed by atoms with E-state index >= 15 is 0 Å². The van der Waals surface area contributed by atoms with E-state index in [1.807, 2.05) is 4.57 Å². The van der Waals surface area contributed by atoms with Crippen molar-refractivity contribution < 1.29 is 17.7 Å². The van der Waals surface area contributed by atoms with E-state index in [1.54, 1.807) is 6.33 Å². The summed E-state index contributed by atoms with van der Waals surface area (Å²) in [6.07, 6.45) is 2.26. The van der Waals surface area contributed by atoms with Crippen molar-refractivity contribution in [1.29, 1.82) is 0 Å². The van der Waals surface area contributed by atoms with E-state index in [4.69, 9.17) is 19.0 Å². The lowest BCUT2D eigenvalue weighted by Gasteiger charge is -2.45. The molecule has 0 saturated carbocycles. The van der Waals surface area contributed by atoms with Gasteiger partial charge in [-0.25, -0.2) is 4.98 Å². The van der Waals surface area contributed by atoms with Gasteiger partial charge in [0.2, 0.25) is 0 Å². The SMILES string of the molecule is CC(C)(C)[Si](C)(C)OCC1=C[C@@H](n2cnc3c(N)nc(F)nc32)[C@H](O[Si](C)(C)C(C)(C)C)[C@@H]1O[Si](C)(C)C(C)(C)C. The Kier molecular flexibility index (Phi) is 9.07. The molecule has 0 aliphatic heterocycles. The lowest BCUT2D eigenvalue weighted by Crippen LogP contribution is -2.53. The van der Waals surface area contributed by atoms with Gasteiger partial charge in [-0.3, -0.25) is 0 Å². The highest BCUT2D eigenvalue weighted by molar-refractivity contribution is 6.75. The Bertz CT molecular complexity index is 1290. The molecule has 0 amide bonds.